The third-order valence-corrected chi connectivity index (χ3v) is 4.72. The van der Waals surface area contributed by atoms with E-state index in [-0.39, 0.29) is 23.8 Å². The van der Waals surface area contributed by atoms with Crippen molar-refractivity contribution in [3.05, 3.63) is 42.1 Å². The fraction of sp³-hybridized carbons (Fsp3) is 0.450. The normalized spacial score (nSPS) is 19.4. The van der Waals surface area contributed by atoms with Crippen molar-refractivity contribution in [1.29, 1.82) is 0 Å². The van der Waals surface area contributed by atoms with Gasteiger partial charge < -0.3 is 15.4 Å². The Morgan fingerprint density at radius 2 is 2.08 bits per heavy atom. The molecule has 2 heterocycles. The molecule has 2 aromatic rings. The molecule has 1 fully saturated rings. The van der Waals surface area contributed by atoms with Gasteiger partial charge in [-0.15, -0.1) is 0 Å². The highest BCUT2D eigenvalue weighted by Crippen LogP contribution is 2.24. The molecule has 138 valence electrons. The Labute approximate surface area is 153 Å². The van der Waals surface area contributed by atoms with Gasteiger partial charge in [-0.05, 0) is 30.5 Å². The molecule has 0 unspecified atom stereocenters. The molecule has 2 amide bonds. The molecule has 3 rings (SSSR count). The lowest BCUT2D eigenvalue weighted by Crippen LogP contribution is -2.40. The van der Waals surface area contributed by atoms with Gasteiger partial charge in [0.1, 0.15) is 0 Å². The van der Waals surface area contributed by atoms with Crippen LogP contribution in [0, 0.1) is 5.92 Å². The molecule has 2 atom stereocenters. The van der Waals surface area contributed by atoms with Crippen LogP contribution in [0.15, 0.2) is 36.5 Å². The first-order valence-corrected chi connectivity index (χ1v) is 9.07. The lowest BCUT2D eigenvalue weighted by atomic mass is 9.93. The highest BCUT2D eigenvalue weighted by atomic mass is 16.5. The first kappa shape index (κ1) is 18.3. The molecule has 6 heteroatoms. The molecule has 0 saturated carbocycles. The molecule has 1 aromatic carbocycles. The average Bonchev–Trinajstić information content (AvgIpc) is 3.05. The van der Waals surface area contributed by atoms with Crippen molar-refractivity contribution < 1.29 is 14.3 Å². The van der Waals surface area contributed by atoms with Gasteiger partial charge in [0.15, 0.2) is 0 Å². The fourth-order valence-electron chi connectivity index (χ4n) is 3.37. The molecule has 0 spiro atoms. The van der Waals surface area contributed by atoms with E-state index < -0.39 is 0 Å². The summed E-state index contributed by atoms with van der Waals surface area (Å²) in [6.45, 7) is 3.19. The van der Waals surface area contributed by atoms with Gasteiger partial charge >= 0.3 is 0 Å². The van der Waals surface area contributed by atoms with Gasteiger partial charge in [-0.25, -0.2) is 0 Å². The number of benzene rings is 1. The number of nitrogens with one attached hydrogen (secondary N) is 2. The Morgan fingerprint density at radius 1 is 1.23 bits per heavy atom. The van der Waals surface area contributed by atoms with Crippen LogP contribution in [0.1, 0.15) is 25.3 Å². The third-order valence-electron chi connectivity index (χ3n) is 4.72. The average molecular weight is 355 g/mol. The molecule has 0 radical (unpaired) electrons. The number of hydrogen-bond acceptors (Lipinski definition) is 4. The Kier molecular flexibility index (Phi) is 6.17. The monoisotopic (exact) mass is 355 g/mol. The van der Waals surface area contributed by atoms with Gasteiger partial charge in [0.25, 0.3) is 0 Å². The first-order valence-electron chi connectivity index (χ1n) is 9.07. The number of para-hydroxylation sites is 1. The van der Waals surface area contributed by atoms with Crippen LogP contribution < -0.4 is 10.6 Å². The molecule has 2 N–H and O–H groups in total. The van der Waals surface area contributed by atoms with Crippen molar-refractivity contribution in [2.24, 2.45) is 5.92 Å². The zero-order chi connectivity index (χ0) is 18.4. The minimum Gasteiger partial charge on any atom is -0.379 e. The van der Waals surface area contributed by atoms with E-state index in [2.05, 4.69) is 21.7 Å². The number of ether oxygens (including phenoxy) is 1. The van der Waals surface area contributed by atoms with Crippen LogP contribution in [-0.4, -0.2) is 42.6 Å². The van der Waals surface area contributed by atoms with E-state index in [0.717, 1.165) is 17.3 Å². The number of pyridine rings is 1. The van der Waals surface area contributed by atoms with Crippen LogP contribution in [0.25, 0.3) is 10.9 Å². The number of fused-ring (bicyclic) bond motifs is 1. The summed E-state index contributed by atoms with van der Waals surface area (Å²) in [5.41, 5.74) is 2.22. The minimum atomic E-state index is -0.0701. The van der Waals surface area contributed by atoms with E-state index in [1.807, 2.05) is 30.5 Å². The summed E-state index contributed by atoms with van der Waals surface area (Å²) in [4.78, 5) is 27.4. The molecule has 0 bridgehead atoms. The van der Waals surface area contributed by atoms with Gasteiger partial charge in [-0.2, -0.15) is 0 Å². The summed E-state index contributed by atoms with van der Waals surface area (Å²) in [5.74, 6) is 0.190. The predicted molar refractivity (Wildman–Crippen MR) is 99.6 cm³/mol. The summed E-state index contributed by atoms with van der Waals surface area (Å²) in [5, 5.41) is 6.95. The predicted octanol–water partition coefficient (Wildman–Crippen LogP) is 1.82. The molecule has 26 heavy (non-hydrogen) atoms. The summed E-state index contributed by atoms with van der Waals surface area (Å²) in [6, 6.07) is 10.2. The number of hydrogen-bond donors (Lipinski definition) is 2. The fourth-order valence-corrected chi connectivity index (χ4v) is 3.37. The van der Waals surface area contributed by atoms with Crippen LogP contribution in [0.3, 0.4) is 0 Å². The maximum absolute atomic E-state index is 12.2. The second-order valence-corrected chi connectivity index (χ2v) is 6.75. The second kappa shape index (κ2) is 8.76. The quantitative estimate of drug-likeness (QED) is 0.743. The molecule has 1 saturated heterocycles. The summed E-state index contributed by atoms with van der Waals surface area (Å²) < 4.78 is 5.62. The SMILES string of the molecule is CC(=O)NCCCC(=O)N[C@@H]1COC[C@H]1Cc1ccnc2ccccc12. The maximum atomic E-state index is 12.2. The van der Waals surface area contributed by atoms with E-state index in [1.165, 1.54) is 12.5 Å². The number of carbonyl (C=O) groups excluding carboxylic acids is 2. The van der Waals surface area contributed by atoms with Crippen molar-refractivity contribution in [3.8, 4) is 0 Å². The van der Waals surface area contributed by atoms with Gasteiger partial charge in [0, 0.05) is 37.4 Å². The molecular weight excluding hydrogens is 330 g/mol. The Morgan fingerprint density at radius 3 is 2.92 bits per heavy atom. The second-order valence-electron chi connectivity index (χ2n) is 6.75. The topological polar surface area (TPSA) is 80.3 Å². The number of nitrogens with zero attached hydrogens (tertiary/aromatic N) is 1. The first-order chi connectivity index (χ1) is 12.6. The van der Waals surface area contributed by atoms with Gasteiger partial charge in [-0.3, -0.25) is 14.6 Å². The zero-order valence-corrected chi connectivity index (χ0v) is 15.0. The van der Waals surface area contributed by atoms with Crippen molar-refractivity contribution in [2.75, 3.05) is 19.8 Å². The molecule has 1 aromatic heterocycles. The van der Waals surface area contributed by atoms with Crippen LogP contribution in [0.4, 0.5) is 0 Å². The third kappa shape index (κ3) is 4.79. The van der Waals surface area contributed by atoms with E-state index in [1.54, 1.807) is 0 Å². The van der Waals surface area contributed by atoms with Gasteiger partial charge in [0.05, 0.1) is 24.8 Å². The molecule has 1 aliphatic heterocycles. The van der Waals surface area contributed by atoms with Crippen molar-refractivity contribution in [2.45, 2.75) is 32.2 Å². The van der Waals surface area contributed by atoms with Gasteiger partial charge in [0.2, 0.25) is 11.8 Å². The largest absolute Gasteiger partial charge is 0.379 e. The number of carbonyl (C=O) groups is 2. The van der Waals surface area contributed by atoms with Crippen molar-refractivity contribution in [1.82, 2.24) is 15.6 Å². The molecular formula is C20H25N3O3. The molecule has 1 aliphatic rings. The van der Waals surface area contributed by atoms with E-state index in [9.17, 15) is 9.59 Å². The summed E-state index contributed by atoms with van der Waals surface area (Å²) >= 11 is 0. The smallest absolute Gasteiger partial charge is 0.220 e. The standard InChI is InChI=1S/C20H25N3O3/c1-14(24)21-9-4-7-20(25)23-19-13-26-12-16(19)11-15-8-10-22-18-6-3-2-5-17(15)18/h2-3,5-6,8,10,16,19H,4,7,9,11-13H2,1H3,(H,21,24)(H,23,25)/t16-,19-/m1/s1. The van der Waals surface area contributed by atoms with Crippen molar-refractivity contribution in [3.63, 3.8) is 0 Å². The number of rotatable bonds is 7. The number of aromatic nitrogens is 1. The highest BCUT2D eigenvalue weighted by molar-refractivity contribution is 5.82. The number of amides is 2. The van der Waals surface area contributed by atoms with Crippen LogP contribution in [0.2, 0.25) is 0 Å². The summed E-state index contributed by atoms with van der Waals surface area (Å²) in [7, 11) is 0. The van der Waals surface area contributed by atoms with Crippen LogP contribution in [-0.2, 0) is 20.7 Å². The Balaban J connectivity index is 1.56. The Hall–Kier alpha value is -2.47. The van der Waals surface area contributed by atoms with E-state index in [0.29, 0.717) is 32.6 Å². The van der Waals surface area contributed by atoms with Crippen LogP contribution >= 0.6 is 0 Å². The highest BCUT2D eigenvalue weighted by Gasteiger charge is 2.29. The van der Waals surface area contributed by atoms with E-state index >= 15 is 0 Å². The minimum absolute atomic E-state index is 0.00967. The Bertz CT molecular complexity index is 772. The van der Waals surface area contributed by atoms with Crippen LogP contribution in [0.5, 0.6) is 0 Å². The molecule has 6 nitrogen and oxygen atoms in total. The van der Waals surface area contributed by atoms with E-state index in [4.69, 9.17) is 4.74 Å². The maximum Gasteiger partial charge on any atom is 0.220 e. The van der Waals surface area contributed by atoms with Crippen molar-refractivity contribution >= 4 is 22.7 Å². The molecule has 0 aliphatic carbocycles. The lowest BCUT2D eigenvalue weighted by molar-refractivity contribution is -0.123. The lowest BCUT2D eigenvalue weighted by Gasteiger charge is -2.20. The van der Waals surface area contributed by atoms with Gasteiger partial charge in [-0.1, -0.05) is 18.2 Å². The zero-order valence-electron chi connectivity index (χ0n) is 15.0. The summed E-state index contributed by atoms with van der Waals surface area (Å²) in [6.07, 6.45) is 3.73.